The first kappa shape index (κ1) is 13.8. The molecule has 0 saturated carbocycles. The Bertz CT molecular complexity index is 408. The molecule has 0 N–H and O–H groups in total. The highest BCUT2D eigenvalue weighted by molar-refractivity contribution is 5.39. The van der Waals surface area contributed by atoms with Crippen LogP contribution < -0.4 is 0 Å². The number of benzene rings is 1. The van der Waals surface area contributed by atoms with Crippen molar-refractivity contribution in [3.63, 3.8) is 0 Å². The molecule has 92 valence electrons. The van der Waals surface area contributed by atoms with Gasteiger partial charge in [-0.2, -0.15) is 0 Å². The maximum absolute atomic E-state index is 2.39. The van der Waals surface area contributed by atoms with Gasteiger partial charge in [0.05, 0.1) is 0 Å². The van der Waals surface area contributed by atoms with Gasteiger partial charge in [-0.25, -0.2) is 0 Å². The van der Waals surface area contributed by atoms with Crippen LogP contribution >= 0.6 is 0 Å². The van der Waals surface area contributed by atoms with Crippen LogP contribution in [0.15, 0.2) is 47.6 Å². The van der Waals surface area contributed by atoms with Gasteiger partial charge in [0.1, 0.15) is 0 Å². The van der Waals surface area contributed by atoms with Crippen molar-refractivity contribution >= 4 is 0 Å². The zero-order valence-corrected chi connectivity index (χ0v) is 11.6. The van der Waals surface area contributed by atoms with Crippen LogP contribution in [0.25, 0.3) is 0 Å². The lowest BCUT2D eigenvalue weighted by Crippen LogP contribution is -1.98. The van der Waals surface area contributed by atoms with Crippen molar-refractivity contribution in [2.75, 3.05) is 0 Å². The van der Waals surface area contributed by atoms with Crippen LogP contribution in [-0.2, 0) is 6.42 Å². The van der Waals surface area contributed by atoms with Crippen LogP contribution in [0.5, 0.6) is 0 Å². The molecule has 0 fully saturated rings. The first-order chi connectivity index (χ1) is 8.27. The van der Waals surface area contributed by atoms with Gasteiger partial charge in [-0.05, 0) is 49.8 Å². The van der Waals surface area contributed by atoms with Crippen LogP contribution in [-0.4, -0.2) is 0 Å². The Balaban J connectivity index is 0.000000686. The van der Waals surface area contributed by atoms with Crippen molar-refractivity contribution in [2.45, 2.75) is 47.0 Å². The van der Waals surface area contributed by atoms with Gasteiger partial charge in [-0.1, -0.05) is 55.8 Å². The molecule has 0 radical (unpaired) electrons. The molecule has 0 unspecified atom stereocenters. The fourth-order valence-corrected chi connectivity index (χ4v) is 2.07. The zero-order valence-electron chi connectivity index (χ0n) is 11.6. The maximum Gasteiger partial charge on any atom is -0.00238 e. The Hall–Kier alpha value is -1.30. The van der Waals surface area contributed by atoms with Crippen molar-refractivity contribution in [1.29, 1.82) is 0 Å². The summed E-state index contributed by atoms with van der Waals surface area (Å²) in [7, 11) is 0. The second-order valence-corrected chi connectivity index (χ2v) is 4.30. The summed E-state index contributed by atoms with van der Waals surface area (Å²) < 4.78 is 0. The topological polar surface area (TPSA) is 0 Å². The van der Waals surface area contributed by atoms with Crippen LogP contribution in [0.4, 0.5) is 0 Å². The highest BCUT2D eigenvalue weighted by atomic mass is 14.1. The smallest absolute Gasteiger partial charge is 0.00238 e. The molecule has 0 heterocycles. The van der Waals surface area contributed by atoms with Crippen molar-refractivity contribution in [3.8, 4) is 0 Å². The third-order valence-corrected chi connectivity index (χ3v) is 3.16. The molecule has 17 heavy (non-hydrogen) atoms. The fourth-order valence-electron chi connectivity index (χ4n) is 2.07. The maximum atomic E-state index is 2.39. The summed E-state index contributed by atoms with van der Waals surface area (Å²) in [5, 5.41) is 0. The summed E-state index contributed by atoms with van der Waals surface area (Å²) in [4.78, 5) is 0. The van der Waals surface area contributed by atoms with E-state index in [1.807, 2.05) is 13.8 Å². The fraction of sp³-hybridized carbons (Fsp3) is 0.412. The third kappa shape index (κ3) is 3.89. The number of rotatable bonds is 2. The van der Waals surface area contributed by atoms with Gasteiger partial charge in [0.15, 0.2) is 0 Å². The van der Waals surface area contributed by atoms with E-state index in [4.69, 9.17) is 0 Å². The first-order valence-electron chi connectivity index (χ1n) is 6.68. The SMILES string of the molecule is CC.CC1=CCCC=C1Cc1ccccc1C. The van der Waals surface area contributed by atoms with E-state index in [1.54, 1.807) is 0 Å². The second kappa shape index (κ2) is 7.11. The number of allylic oxidation sites excluding steroid dienone is 4. The molecule has 0 atom stereocenters. The van der Waals surface area contributed by atoms with Crippen molar-refractivity contribution in [2.24, 2.45) is 0 Å². The minimum Gasteiger partial charge on any atom is -0.0810 e. The number of aryl methyl sites for hydroxylation is 1. The molecule has 0 nitrogen and oxygen atoms in total. The Morgan fingerprint density at radius 3 is 2.24 bits per heavy atom. The predicted molar refractivity (Wildman–Crippen MR) is 77.3 cm³/mol. The van der Waals surface area contributed by atoms with E-state index in [2.05, 4.69) is 50.3 Å². The molecule has 1 aliphatic carbocycles. The van der Waals surface area contributed by atoms with Gasteiger partial charge in [-0.3, -0.25) is 0 Å². The molecule has 0 bridgehead atoms. The lowest BCUT2D eigenvalue weighted by molar-refractivity contribution is 0.960. The third-order valence-electron chi connectivity index (χ3n) is 3.16. The van der Waals surface area contributed by atoms with E-state index in [-0.39, 0.29) is 0 Å². The first-order valence-corrected chi connectivity index (χ1v) is 6.68. The van der Waals surface area contributed by atoms with Crippen molar-refractivity contribution in [1.82, 2.24) is 0 Å². The molecule has 1 aliphatic rings. The standard InChI is InChI=1S/C15H18.C2H6/c1-12-7-3-5-9-14(12)11-15-10-6-4-8-13(15)2;1-2/h3,5,7-10H,4,6,11H2,1-2H3;1-2H3. The molecule has 0 amide bonds. The van der Waals surface area contributed by atoms with Crippen LogP contribution in [0.1, 0.15) is 44.7 Å². The number of hydrogen-bond donors (Lipinski definition) is 0. The molecule has 0 aliphatic heterocycles. The normalized spacial score (nSPS) is 14.4. The zero-order chi connectivity index (χ0) is 12.7. The highest BCUT2D eigenvalue weighted by Crippen LogP contribution is 2.23. The molecule has 1 aromatic rings. The summed E-state index contributed by atoms with van der Waals surface area (Å²) in [6, 6.07) is 8.66. The Morgan fingerprint density at radius 2 is 1.59 bits per heavy atom. The summed E-state index contributed by atoms with van der Waals surface area (Å²) in [6.07, 6.45) is 8.26. The van der Waals surface area contributed by atoms with Crippen molar-refractivity contribution < 1.29 is 0 Å². The second-order valence-electron chi connectivity index (χ2n) is 4.30. The van der Waals surface area contributed by atoms with E-state index in [9.17, 15) is 0 Å². The van der Waals surface area contributed by atoms with Gasteiger partial charge in [0.2, 0.25) is 0 Å². The average molecular weight is 228 g/mol. The minimum absolute atomic E-state index is 1.09. The summed E-state index contributed by atoms with van der Waals surface area (Å²) >= 11 is 0. The average Bonchev–Trinajstić information content (AvgIpc) is 2.37. The van der Waals surface area contributed by atoms with Gasteiger partial charge in [0, 0.05) is 0 Å². The molecular weight excluding hydrogens is 204 g/mol. The lowest BCUT2D eigenvalue weighted by Gasteiger charge is -2.14. The molecule has 0 spiro atoms. The molecular formula is C17H24. The highest BCUT2D eigenvalue weighted by Gasteiger charge is 2.06. The lowest BCUT2D eigenvalue weighted by atomic mass is 9.92. The van der Waals surface area contributed by atoms with Crippen molar-refractivity contribution in [3.05, 3.63) is 58.7 Å². The summed E-state index contributed by atoms with van der Waals surface area (Å²) in [6.45, 7) is 8.42. The minimum atomic E-state index is 1.09. The molecule has 0 heteroatoms. The van der Waals surface area contributed by atoms with E-state index in [0.717, 1.165) is 6.42 Å². The van der Waals surface area contributed by atoms with Crippen LogP contribution in [0, 0.1) is 6.92 Å². The summed E-state index contributed by atoms with van der Waals surface area (Å²) in [5.74, 6) is 0. The largest absolute Gasteiger partial charge is 0.0810 e. The quantitative estimate of drug-likeness (QED) is 0.650. The number of hydrogen-bond acceptors (Lipinski definition) is 0. The predicted octanol–water partition coefficient (Wildman–Crippen LogP) is 5.23. The van der Waals surface area contributed by atoms with E-state index in [0.29, 0.717) is 0 Å². The van der Waals surface area contributed by atoms with E-state index < -0.39 is 0 Å². The Labute approximate surface area is 106 Å². The van der Waals surface area contributed by atoms with Gasteiger partial charge < -0.3 is 0 Å². The Kier molecular flexibility index (Phi) is 5.76. The van der Waals surface area contributed by atoms with Crippen LogP contribution in [0.2, 0.25) is 0 Å². The van der Waals surface area contributed by atoms with Gasteiger partial charge >= 0.3 is 0 Å². The monoisotopic (exact) mass is 228 g/mol. The molecule has 2 rings (SSSR count). The molecule has 0 saturated heterocycles. The van der Waals surface area contributed by atoms with Gasteiger partial charge in [-0.15, -0.1) is 0 Å². The van der Waals surface area contributed by atoms with Gasteiger partial charge in [0.25, 0.3) is 0 Å². The van der Waals surface area contributed by atoms with E-state index >= 15 is 0 Å². The van der Waals surface area contributed by atoms with E-state index in [1.165, 1.54) is 35.1 Å². The summed E-state index contributed by atoms with van der Waals surface area (Å²) in [5.41, 5.74) is 5.83. The molecule has 1 aromatic carbocycles. The molecule has 0 aromatic heterocycles. The Morgan fingerprint density at radius 1 is 0.941 bits per heavy atom. The van der Waals surface area contributed by atoms with Crippen LogP contribution in [0.3, 0.4) is 0 Å².